The van der Waals surface area contributed by atoms with Crippen LogP contribution in [0.25, 0.3) is 0 Å². The van der Waals surface area contributed by atoms with E-state index in [1.54, 1.807) is 49.6 Å². The molecule has 0 unspecified atom stereocenters. The van der Waals surface area contributed by atoms with Crippen LogP contribution in [0.1, 0.15) is 15.9 Å². The minimum absolute atomic E-state index is 0.0751. The third-order valence-electron chi connectivity index (χ3n) is 5.06. The van der Waals surface area contributed by atoms with Crippen molar-refractivity contribution in [1.29, 1.82) is 0 Å². The van der Waals surface area contributed by atoms with E-state index >= 15 is 0 Å². The number of likely N-dealkylation sites (N-methyl/N-ethyl adjacent to an activating group) is 1. The number of sulfonamides is 1. The Labute approximate surface area is 177 Å². The summed E-state index contributed by atoms with van der Waals surface area (Å²) in [4.78, 5) is 14.6. The van der Waals surface area contributed by atoms with Crippen molar-refractivity contribution in [2.24, 2.45) is 0 Å². The summed E-state index contributed by atoms with van der Waals surface area (Å²) in [5.41, 5.74) is 1.65. The lowest BCUT2D eigenvalue weighted by molar-refractivity contribution is 0.102. The summed E-state index contributed by atoms with van der Waals surface area (Å²) in [6.45, 7) is 2.47. The highest BCUT2D eigenvalue weighted by atomic mass is 32.2. The number of hydrogen-bond acceptors (Lipinski definition) is 6. The van der Waals surface area contributed by atoms with Crippen LogP contribution in [0.4, 0.5) is 5.69 Å². The van der Waals surface area contributed by atoms with Crippen molar-refractivity contribution in [1.82, 2.24) is 9.21 Å². The van der Waals surface area contributed by atoms with Gasteiger partial charge in [-0.1, -0.05) is 12.1 Å². The maximum Gasteiger partial charge on any atom is 0.255 e. The monoisotopic (exact) mass is 433 g/mol. The number of anilines is 1. The fourth-order valence-electron chi connectivity index (χ4n) is 3.24. The number of piperazine rings is 1. The average molecular weight is 434 g/mol. The molecule has 1 fully saturated rings. The highest BCUT2D eigenvalue weighted by Crippen LogP contribution is 2.30. The molecule has 1 N–H and O–H groups in total. The van der Waals surface area contributed by atoms with E-state index in [4.69, 9.17) is 9.47 Å². The second kappa shape index (κ2) is 9.46. The Morgan fingerprint density at radius 3 is 2.20 bits per heavy atom. The number of carbonyl (C=O) groups excluding carboxylic acids is 1. The van der Waals surface area contributed by atoms with Gasteiger partial charge in [0.1, 0.15) is 0 Å². The molecule has 0 bridgehead atoms. The van der Waals surface area contributed by atoms with Gasteiger partial charge in [-0.2, -0.15) is 4.31 Å². The molecule has 0 atom stereocenters. The largest absolute Gasteiger partial charge is 0.493 e. The highest BCUT2D eigenvalue weighted by molar-refractivity contribution is 7.88. The average Bonchev–Trinajstić information content (AvgIpc) is 2.74. The van der Waals surface area contributed by atoms with E-state index in [2.05, 4.69) is 10.2 Å². The zero-order valence-corrected chi connectivity index (χ0v) is 18.2. The van der Waals surface area contributed by atoms with Crippen LogP contribution < -0.4 is 14.8 Å². The topological polar surface area (TPSA) is 88.2 Å². The normalized spacial score (nSPS) is 15.6. The van der Waals surface area contributed by atoms with Gasteiger partial charge in [0.05, 0.1) is 20.0 Å². The van der Waals surface area contributed by atoms with E-state index in [1.807, 2.05) is 7.05 Å². The van der Waals surface area contributed by atoms with Crippen LogP contribution in [-0.2, 0) is 15.8 Å². The minimum atomic E-state index is -3.38. The highest BCUT2D eigenvalue weighted by Gasteiger charge is 2.25. The van der Waals surface area contributed by atoms with Crippen molar-refractivity contribution in [2.75, 3.05) is 52.8 Å². The molecule has 1 aliphatic heterocycles. The quantitative estimate of drug-likeness (QED) is 0.719. The molecular weight excluding hydrogens is 406 g/mol. The van der Waals surface area contributed by atoms with Crippen LogP contribution >= 0.6 is 0 Å². The zero-order chi connectivity index (χ0) is 21.7. The van der Waals surface area contributed by atoms with Gasteiger partial charge in [0.15, 0.2) is 11.5 Å². The molecule has 0 saturated carbocycles. The molecule has 1 amide bonds. The first kappa shape index (κ1) is 22.1. The summed E-state index contributed by atoms with van der Waals surface area (Å²) in [5.74, 6) is 0.714. The summed E-state index contributed by atoms with van der Waals surface area (Å²) >= 11 is 0. The van der Waals surface area contributed by atoms with Gasteiger partial charge in [0.25, 0.3) is 5.91 Å². The summed E-state index contributed by atoms with van der Waals surface area (Å²) in [6, 6.07) is 11.7. The van der Waals surface area contributed by atoms with Crippen LogP contribution in [0.3, 0.4) is 0 Å². The van der Waals surface area contributed by atoms with Crippen molar-refractivity contribution < 1.29 is 22.7 Å². The third-order valence-corrected chi connectivity index (χ3v) is 6.91. The predicted molar refractivity (Wildman–Crippen MR) is 116 cm³/mol. The van der Waals surface area contributed by atoms with Gasteiger partial charge in [-0.15, -0.1) is 0 Å². The van der Waals surface area contributed by atoms with Crippen molar-refractivity contribution in [3.63, 3.8) is 0 Å². The van der Waals surface area contributed by atoms with E-state index < -0.39 is 10.0 Å². The summed E-state index contributed by atoms with van der Waals surface area (Å²) in [7, 11) is 1.68. The molecule has 0 aliphatic carbocycles. The molecule has 0 spiro atoms. The Morgan fingerprint density at radius 1 is 0.967 bits per heavy atom. The second-order valence-electron chi connectivity index (χ2n) is 7.18. The summed E-state index contributed by atoms with van der Waals surface area (Å²) in [6.07, 6.45) is 0. The maximum atomic E-state index is 12.6. The van der Waals surface area contributed by atoms with Crippen LogP contribution in [0, 0.1) is 0 Å². The number of benzene rings is 2. The molecule has 162 valence electrons. The molecule has 2 aromatic rings. The van der Waals surface area contributed by atoms with Gasteiger partial charge in [0.2, 0.25) is 10.0 Å². The minimum Gasteiger partial charge on any atom is -0.493 e. The van der Waals surface area contributed by atoms with Crippen molar-refractivity contribution >= 4 is 21.6 Å². The van der Waals surface area contributed by atoms with Gasteiger partial charge in [0, 0.05) is 43.5 Å². The second-order valence-corrected chi connectivity index (χ2v) is 9.15. The summed E-state index contributed by atoms with van der Waals surface area (Å²) in [5, 5.41) is 2.80. The molecule has 2 aromatic carbocycles. The van der Waals surface area contributed by atoms with Crippen molar-refractivity contribution in [3.05, 3.63) is 53.6 Å². The molecule has 30 heavy (non-hydrogen) atoms. The molecular formula is C21H27N3O5S. The lowest BCUT2D eigenvalue weighted by atomic mass is 10.1. The SMILES string of the molecule is COc1ccc(NC(=O)c2ccc(CS(=O)(=O)N3CCN(C)CC3)cc2)cc1OC. The number of amides is 1. The Hall–Kier alpha value is -2.62. The first-order valence-corrected chi connectivity index (χ1v) is 11.2. The number of hydrogen-bond donors (Lipinski definition) is 1. The summed E-state index contributed by atoms with van der Waals surface area (Å²) < 4.78 is 37.2. The number of rotatable bonds is 7. The van der Waals surface area contributed by atoms with Crippen LogP contribution in [-0.4, -0.2) is 71.0 Å². The number of nitrogens with one attached hydrogen (secondary N) is 1. The first-order chi connectivity index (χ1) is 14.3. The van der Waals surface area contributed by atoms with Gasteiger partial charge in [-0.05, 0) is 36.9 Å². The number of carbonyl (C=O) groups is 1. The Bertz CT molecular complexity index is 984. The zero-order valence-electron chi connectivity index (χ0n) is 17.4. The van der Waals surface area contributed by atoms with Crippen molar-refractivity contribution in [2.45, 2.75) is 5.75 Å². The van der Waals surface area contributed by atoms with Gasteiger partial charge < -0.3 is 19.7 Å². The Balaban J connectivity index is 1.64. The predicted octanol–water partition coefficient (Wildman–Crippen LogP) is 2.03. The molecule has 1 saturated heterocycles. The lowest BCUT2D eigenvalue weighted by Crippen LogP contribution is -2.47. The van der Waals surface area contributed by atoms with Gasteiger partial charge >= 0.3 is 0 Å². The van der Waals surface area contributed by atoms with Crippen LogP contribution in [0.15, 0.2) is 42.5 Å². The van der Waals surface area contributed by atoms with Gasteiger partial charge in [-0.25, -0.2) is 8.42 Å². The van der Waals surface area contributed by atoms with E-state index in [1.165, 1.54) is 11.4 Å². The molecule has 1 aliphatic rings. The van der Waals surface area contributed by atoms with E-state index in [9.17, 15) is 13.2 Å². The van der Waals surface area contributed by atoms with E-state index in [-0.39, 0.29) is 11.7 Å². The fourth-order valence-corrected chi connectivity index (χ4v) is 4.75. The smallest absolute Gasteiger partial charge is 0.255 e. The van der Waals surface area contributed by atoms with Crippen molar-refractivity contribution in [3.8, 4) is 11.5 Å². The number of ether oxygens (including phenoxy) is 2. The Morgan fingerprint density at radius 2 is 1.60 bits per heavy atom. The maximum absolute atomic E-state index is 12.6. The van der Waals surface area contributed by atoms with Gasteiger partial charge in [-0.3, -0.25) is 4.79 Å². The fraction of sp³-hybridized carbons (Fsp3) is 0.381. The van der Waals surface area contributed by atoms with E-state index in [0.29, 0.717) is 41.4 Å². The van der Waals surface area contributed by atoms with Crippen LogP contribution in [0.2, 0.25) is 0 Å². The molecule has 0 radical (unpaired) electrons. The molecule has 1 heterocycles. The van der Waals surface area contributed by atoms with E-state index in [0.717, 1.165) is 13.1 Å². The molecule has 8 nitrogen and oxygen atoms in total. The number of methoxy groups -OCH3 is 2. The molecule has 3 rings (SSSR count). The standard InChI is InChI=1S/C21H27N3O5S/c1-23-10-12-24(13-11-23)30(26,27)15-16-4-6-17(7-5-16)21(25)22-18-8-9-19(28-2)20(14-18)29-3/h4-9,14H,10-13,15H2,1-3H3,(H,22,25). The molecule has 0 aromatic heterocycles. The molecule has 9 heteroatoms. The first-order valence-electron chi connectivity index (χ1n) is 9.61. The third kappa shape index (κ3) is 5.29. The number of nitrogens with zero attached hydrogens (tertiary/aromatic N) is 2. The Kier molecular flexibility index (Phi) is 6.96. The lowest BCUT2D eigenvalue weighted by Gasteiger charge is -2.31. The van der Waals surface area contributed by atoms with Crippen LogP contribution in [0.5, 0.6) is 11.5 Å².